The highest BCUT2D eigenvalue weighted by atomic mass is 32.2. The number of aromatic nitrogens is 1. The summed E-state index contributed by atoms with van der Waals surface area (Å²) in [5, 5.41) is 10.7. The number of aryl methyl sites for hydroxylation is 1. The largest absolute Gasteiger partial charge is 0.506 e. The molecule has 1 aliphatic heterocycles. The van der Waals surface area contributed by atoms with Crippen LogP contribution in [0.4, 0.5) is 4.39 Å². The van der Waals surface area contributed by atoms with Crippen LogP contribution in [0.5, 0.6) is 5.75 Å². The van der Waals surface area contributed by atoms with Gasteiger partial charge >= 0.3 is 0 Å². The zero-order chi connectivity index (χ0) is 17.9. The molecule has 1 N–H and O–H groups in total. The fourth-order valence-corrected chi connectivity index (χ4v) is 4.22. The van der Waals surface area contributed by atoms with Gasteiger partial charge in [-0.25, -0.2) is 4.39 Å². The van der Waals surface area contributed by atoms with E-state index in [9.17, 15) is 22.7 Å². The van der Waals surface area contributed by atoms with Crippen molar-refractivity contribution in [3.05, 3.63) is 69.8 Å². The normalized spacial score (nSPS) is 15.2. The molecular formula is C17H11FN2O4S. The summed E-state index contributed by atoms with van der Waals surface area (Å²) >= 11 is 0. The van der Waals surface area contributed by atoms with E-state index in [-0.39, 0.29) is 27.1 Å². The van der Waals surface area contributed by atoms with Crippen LogP contribution in [-0.2, 0) is 17.1 Å². The van der Waals surface area contributed by atoms with Crippen LogP contribution in [0, 0.1) is 5.82 Å². The number of sulfonamides is 1. The third kappa shape index (κ3) is 2.11. The molecule has 0 spiro atoms. The van der Waals surface area contributed by atoms with Gasteiger partial charge in [0.2, 0.25) is 0 Å². The van der Waals surface area contributed by atoms with Gasteiger partial charge in [-0.1, -0.05) is 18.2 Å². The van der Waals surface area contributed by atoms with Crippen LogP contribution in [0.15, 0.2) is 56.6 Å². The highest BCUT2D eigenvalue weighted by molar-refractivity contribution is 7.90. The number of rotatable bonds is 1. The third-order valence-corrected chi connectivity index (χ3v) is 5.53. The van der Waals surface area contributed by atoms with E-state index in [1.807, 2.05) is 0 Å². The van der Waals surface area contributed by atoms with E-state index >= 15 is 0 Å². The Balaban J connectivity index is 2.15. The standard InChI is InChI=1S/C17H11FN2O4S/c1-20-12-7-6-9(18)8-11(12)16(21)14(17(20)22)15-10-4-2-3-5-13(10)25(23,24)19-15/h2-8,21H,1H3. The lowest BCUT2D eigenvalue weighted by Crippen LogP contribution is -2.25. The monoisotopic (exact) mass is 358 g/mol. The Morgan fingerprint density at radius 2 is 1.88 bits per heavy atom. The molecule has 0 atom stereocenters. The molecule has 0 aliphatic carbocycles. The van der Waals surface area contributed by atoms with E-state index in [0.717, 1.165) is 6.07 Å². The molecule has 1 aromatic heterocycles. The average molecular weight is 358 g/mol. The quantitative estimate of drug-likeness (QED) is 0.720. The summed E-state index contributed by atoms with van der Waals surface area (Å²) in [7, 11) is -2.50. The first kappa shape index (κ1) is 15.5. The van der Waals surface area contributed by atoms with Gasteiger partial charge in [-0.2, -0.15) is 12.8 Å². The molecule has 3 aromatic rings. The van der Waals surface area contributed by atoms with Gasteiger partial charge in [0, 0.05) is 18.0 Å². The van der Waals surface area contributed by atoms with Crippen molar-refractivity contribution in [1.82, 2.24) is 4.57 Å². The molecule has 1 aliphatic rings. The maximum absolute atomic E-state index is 13.6. The minimum Gasteiger partial charge on any atom is -0.506 e. The van der Waals surface area contributed by atoms with E-state index in [4.69, 9.17) is 0 Å². The van der Waals surface area contributed by atoms with Crippen LogP contribution in [-0.4, -0.2) is 23.8 Å². The van der Waals surface area contributed by atoms with E-state index in [1.54, 1.807) is 12.1 Å². The topological polar surface area (TPSA) is 88.7 Å². The summed E-state index contributed by atoms with van der Waals surface area (Å²) in [4.78, 5) is 12.7. The summed E-state index contributed by atoms with van der Waals surface area (Å²) in [6.07, 6.45) is 0. The SMILES string of the molecule is Cn1c(=O)c(C2=NS(=O)(=O)c3ccccc32)c(O)c2cc(F)ccc21. The van der Waals surface area contributed by atoms with Gasteiger partial charge in [0.05, 0.1) is 10.4 Å². The molecule has 0 saturated carbocycles. The van der Waals surface area contributed by atoms with Crippen molar-refractivity contribution in [2.24, 2.45) is 11.4 Å². The van der Waals surface area contributed by atoms with Crippen LogP contribution in [0.1, 0.15) is 11.1 Å². The molecule has 2 aromatic carbocycles. The maximum atomic E-state index is 13.6. The average Bonchev–Trinajstić information content (AvgIpc) is 2.85. The number of pyridine rings is 1. The second kappa shape index (κ2) is 5.00. The van der Waals surface area contributed by atoms with Gasteiger partial charge < -0.3 is 9.67 Å². The van der Waals surface area contributed by atoms with Crippen LogP contribution >= 0.6 is 0 Å². The Kier molecular flexibility index (Phi) is 3.10. The van der Waals surface area contributed by atoms with Crippen molar-refractivity contribution in [3.63, 3.8) is 0 Å². The molecule has 25 heavy (non-hydrogen) atoms. The molecular weight excluding hydrogens is 347 g/mol. The Hall–Kier alpha value is -3.00. The second-order valence-corrected chi connectivity index (χ2v) is 7.23. The Morgan fingerprint density at radius 1 is 1.16 bits per heavy atom. The van der Waals surface area contributed by atoms with E-state index < -0.39 is 27.1 Å². The van der Waals surface area contributed by atoms with E-state index in [1.165, 1.54) is 35.9 Å². The van der Waals surface area contributed by atoms with Crippen molar-refractivity contribution in [1.29, 1.82) is 0 Å². The molecule has 2 heterocycles. The lowest BCUT2D eigenvalue weighted by molar-refractivity contribution is 0.478. The molecule has 0 saturated heterocycles. The second-order valence-electron chi connectivity index (χ2n) is 5.66. The Labute approximate surface area is 141 Å². The highest BCUT2D eigenvalue weighted by Gasteiger charge is 2.33. The van der Waals surface area contributed by atoms with Gasteiger partial charge in [0.1, 0.15) is 22.8 Å². The van der Waals surface area contributed by atoms with Crippen LogP contribution in [0.2, 0.25) is 0 Å². The number of benzene rings is 2. The summed E-state index contributed by atoms with van der Waals surface area (Å²) in [6, 6.07) is 9.67. The molecule has 0 radical (unpaired) electrons. The number of hydrogen-bond donors (Lipinski definition) is 1. The predicted molar refractivity (Wildman–Crippen MR) is 90.1 cm³/mol. The van der Waals surface area contributed by atoms with E-state index in [2.05, 4.69) is 4.40 Å². The smallest absolute Gasteiger partial charge is 0.283 e. The van der Waals surface area contributed by atoms with Crippen molar-refractivity contribution >= 4 is 26.6 Å². The molecule has 0 unspecified atom stereocenters. The fourth-order valence-electron chi connectivity index (χ4n) is 3.00. The lowest BCUT2D eigenvalue weighted by Gasteiger charge is -2.12. The van der Waals surface area contributed by atoms with Crippen LogP contribution < -0.4 is 5.56 Å². The fraction of sp³-hybridized carbons (Fsp3) is 0.0588. The van der Waals surface area contributed by atoms with Gasteiger partial charge in [0.25, 0.3) is 15.6 Å². The summed E-state index contributed by atoms with van der Waals surface area (Å²) < 4.78 is 42.9. The molecule has 8 heteroatoms. The molecule has 0 bridgehead atoms. The zero-order valence-corrected chi connectivity index (χ0v) is 13.7. The summed E-state index contributed by atoms with van der Waals surface area (Å²) in [6.45, 7) is 0. The van der Waals surface area contributed by atoms with E-state index in [0.29, 0.717) is 5.52 Å². The van der Waals surface area contributed by atoms with Crippen molar-refractivity contribution < 1.29 is 17.9 Å². The van der Waals surface area contributed by atoms with Crippen LogP contribution in [0.25, 0.3) is 10.9 Å². The van der Waals surface area contributed by atoms with Gasteiger partial charge in [0.15, 0.2) is 0 Å². The number of fused-ring (bicyclic) bond motifs is 2. The Morgan fingerprint density at radius 3 is 2.64 bits per heavy atom. The maximum Gasteiger partial charge on any atom is 0.283 e. The highest BCUT2D eigenvalue weighted by Crippen LogP contribution is 2.33. The third-order valence-electron chi connectivity index (χ3n) is 4.20. The number of halogens is 1. The lowest BCUT2D eigenvalue weighted by atomic mass is 10.0. The minimum absolute atomic E-state index is 0.0363. The first-order valence-corrected chi connectivity index (χ1v) is 8.71. The molecule has 126 valence electrons. The zero-order valence-electron chi connectivity index (χ0n) is 12.9. The molecule has 0 amide bonds. The first-order chi connectivity index (χ1) is 11.8. The van der Waals surface area contributed by atoms with Gasteiger partial charge in [-0.15, -0.1) is 0 Å². The number of aromatic hydroxyl groups is 1. The Bertz CT molecular complexity index is 1260. The molecule has 4 rings (SSSR count). The summed E-state index contributed by atoms with van der Waals surface area (Å²) in [5.41, 5.74) is -0.482. The summed E-state index contributed by atoms with van der Waals surface area (Å²) in [5.74, 6) is -1.09. The van der Waals surface area contributed by atoms with Crippen molar-refractivity contribution in [2.45, 2.75) is 4.90 Å². The number of nitrogens with zero attached hydrogens (tertiary/aromatic N) is 2. The van der Waals surface area contributed by atoms with Gasteiger partial charge in [-0.05, 0) is 24.3 Å². The van der Waals surface area contributed by atoms with Crippen LogP contribution in [0.3, 0.4) is 0 Å². The number of hydrogen-bond acceptors (Lipinski definition) is 4. The van der Waals surface area contributed by atoms with Crippen molar-refractivity contribution in [2.75, 3.05) is 0 Å². The van der Waals surface area contributed by atoms with Gasteiger partial charge in [-0.3, -0.25) is 4.79 Å². The molecule has 6 nitrogen and oxygen atoms in total. The minimum atomic E-state index is -3.96. The predicted octanol–water partition coefficient (Wildman–Crippen LogP) is 1.92. The molecule has 0 fully saturated rings. The first-order valence-electron chi connectivity index (χ1n) is 7.27. The van der Waals surface area contributed by atoms with Crippen molar-refractivity contribution in [3.8, 4) is 5.75 Å².